The zero-order chi connectivity index (χ0) is 11.7. The van der Waals surface area contributed by atoms with Gasteiger partial charge in [0.1, 0.15) is 0 Å². The molecule has 2 rings (SSSR count). The minimum Gasteiger partial charge on any atom is -0.478 e. The van der Waals surface area contributed by atoms with Gasteiger partial charge in [0.25, 0.3) is 0 Å². The van der Waals surface area contributed by atoms with Crippen LogP contribution in [0.5, 0.6) is 0 Å². The molecule has 1 unspecified atom stereocenters. The lowest BCUT2D eigenvalue weighted by Gasteiger charge is -2.30. The number of carbonyl (C=O) groups is 1. The average Bonchev–Trinajstić information content (AvgIpc) is 2.27. The number of hydrogen-bond acceptors (Lipinski definition) is 2. The van der Waals surface area contributed by atoms with E-state index in [1.165, 1.54) is 11.1 Å². The van der Waals surface area contributed by atoms with Crippen molar-refractivity contribution in [1.29, 1.82) is 0 Å². The minimum absolute atomic E-state index is 0.401. The number of nitrogens with zero attached hydrogens (tertiary/aromatic N) is 1. The summed E-state index contributed by atoms with van der Waals surface area (Å²) in [6.07, 6.45) is 3.30. The van der Waals surface area contributed by atoms with Crippen LogP contribution in [0.3, 0.4) is 0 Å². The lowest BCUT2D eigenvalue weighted by Crippen LogP contribution is -2.24. The summed E-state index contributed by atoms with van der Waals surface area (Å²) in [5.74, 6) is -0.838. The van der Waals surface area contributed by atoms with E-state index in [0.29, 0.717) is 11.6 Å². The van der Waals surface area contributed by atoms with Crippen LogP contribution in [0.15, 0.2) is 18.2 Å². The highest BCUT2D eigenvalue weighted by atomic mass is 16.4. The normalized spacial score (nSPS) is 19.6. The second-order valence-corrected chi connectivity index (χ2v) is 4.59. The van der Waals surface area contributed by atoms with Gasteiger partial charge in [-0.3, -0.25) is 0 Å². The summed E-state index contributed by atoms with van der Waals surface area (Å²) in [6.45, 7) is 0. The fourth-order valence-electron chi connectivity index (χ4n) is 2.46. The molecule has 0 spiro atoms. The van der Waals surface area contributed by atoms with Gasteiger partial charge in [-0.1, -0.05) is 6.07 Å². The molecule has 3 nitrogen and oxygen atoms in total. The van der Waals surface area contributed by atoms with Gasteiger partial charge < -0.3 is 10.0 Å². The number of carboxylic acids is 1. The molecule has 0 aromatic heterocycles. The SMILES string of the molecule is CN(C)C1CCCc2cc(C(=O)O)ccc21. The van der Waals surface area contributed by atoms with Gasteiger partial charge in [-0.15, -0.1) is 0 Å². The van der Waals surface area contributed by atoms with Crippen molar-refractivity contribution >= 4 is 5.97 Å². The molecular formula is C13H17NO2. The smallest absolute Gasteiger partial charge is 0.335 e. The maximum atomic E-state index is 10.9. The molecule has 0 amide bonds. The number of aryl methyl sites for hydroxylation is 1. The van der Waals surface area contributed by atoms with Gasteiger partial charge in [-0.05, 0) is 56.6 Å². The molecule has 1 aromatic rings. The molecule has 0 bridgehead atoms. The van der Waals surface area contributed by atoms with Crippen LogP contribution >= 0.6 is 0 Å². The molecule has 0 radical (unpaired) electrons. The van der Waals surface area contributed by atoms with Crippen molar-refractivity contribution in [3.05, 3.63) is 34.9 Å². The molecule has 16 heavy (non-hydrogen) atoms. The van der Waals surface area contributed by atoms with Crippen molar-refractivity contribution in [3.63, 3.8) is 0 Å². The molecule has 0 saturated carbocycles. The first kappa shape index (κ1) is 11.1. The molecule has 0 aliphatic heterocycles. The number of hydrogen-bond donors (Lipinski definition) is 1. The second-order valence-electron chi connectivity index (χ2n) is 4.59. The van der Waals surface area contributed by atoms with E-state index in [4.69, 9.17) is 5.11 Å². The predicted molar refractivity (Wildman–Crippen MR) is 62.8 cm³/mol. The second kappa shape index (κ2) is 4.26. The van der Waals surface area contributed by atoms with Gasteiger partial charge in [-0.2, -0.15) is 0 Å². The molecule has 0 heterocycles. The maximum Gasteiger partial charge on any atom is 0.335 e. The molecule has 0 saturated heterocycles. The number of rotatable bonds is 2. The minimum atomic E-state index is -0.838. The van der Waals surface area contributed by atoms with E-state index in [1.807, 2.05) is 12.1 Å². The number of carboxylic acid groups (broad SMARTS) is 1. The molecule has 3 heteroatoms. The Kier molecular flexibility index (Phi) is 2.97. The van der Waals surface area contributed by atoms with Crippen molar-refractivity contribution in [2.75, 3.05) is 14.1 Å². The Morgan fingerprint density at radius 1 is 1.44 bits per heavy atom. The van der Waals surface area contributed by atoms with Crippen LogP contribution in [-0.2, 0) is 6.42 Å². The summed E-state index contributed by atoms with van der Waals surface area (Å²) < 4.78 is 0. The Bertz CT molecular complexity index is 412. The summed E-state index contributed by atoms with van der Waals surface area (Å²) in [6, 6.07) is 5.95. The van der Waals surface area contributed by atoms with Crippen molar-refractivity contribution < 1.29 is 9.90 Å². The summed E-state index contributed by atoms with van der Waals surface area (Å²) >= 11 is 0. The Morgan fingerprint density at radius 2 is 2.19 bits per heavy atom. The summed E-state index contributed by atoms with van der Waals surface area (Å²) in [5.41, 5.74) is 2.89. The van der Waals surface area contributed by atoms with Gasteiger partial charge in [0.2, 0.25) is 0 Å². The predicted octanol–water partition coefficient (Wildman–Crippen LogP) is 2.32. The third-order valence-corrected chi connectivity index (χ3v) is 3.30. The highest BCUT2D eigenvalue weighted by Gasteiger charge is 2.22. The number of aromatic carboxylic acids is 1. The third-order valence-electron chi connectivity index (χ3n) is 3.30. The van der Waals surface area contributed by atoms with E-state index >= 15 is 0 Å². The average molecular weight is 219 g/mol. The molecule has 1 aliphatic rings. The zero-order valence-corrected chi connectivity index (χ0v) is 9.73. The third kappa shape index (κ3) is 1.95. The molecule has 1 N–H and O–H groups in total. The monoisotopic (exact) mass is 219 g/mol. The quantitative estimate of drug-likeness (QED) is 0.829. The van der Waals surface area contributed by atoms with Crippen LogP contribution in [0.2, 0.25) is 0 Å². The van der Waals surface area contributed by atoms with E-state index in [2.05, 4.69) is 19.0 Å². The van der Waals surface area contributed by atoms with Crippen LogP contribution in [0.25, 0.3) is 0 Å². The van der Waals surface area contributed by atoms with Crippen LogP contribution in [0, 0.1) is 0 Å². The topological polar surface area (TPSA) is 40.5 Å². The number of fused-ring (bicyclic) bond motifs is 1. The summed E-state index contributed by atoms with van der Waals surface area (Å²) in [5, 5.41) is 8.95. The molecule has 86 valence electrons. The van der Waals surface area contributed by atoms with Crippen LogP contribution in [0.1, 0.15) is 40.4 Å². The van der Waals surface area contributed by atoms with E-state index < -0.39 is 5.97 Å². The lowest BCUT2D eigenvalue weighted by atomic mass is 9.86. The molecule has 1 atom stereocenters. The fourth-order valence-corrected chi connectivity index (χ4v) is 2.46. The van der Waals surface area contributed by atoms with Crippen LogP contribution < -0.4 is 0 Å². The van der Waals surface area contributed by atoms with E-state index in [1.54, 1.807) is 6.07 Å². The van der Waals surface area contributed by atoms with Crippen molar-refractivity contribution in [2.24, 2.45) is 0 Å². The van der Waals surface area contributed by atoms with Crippen molar-refractivity contribution in [1.82, 2.24) is 4.90 Å². The summed E-state index contributed by atoms with van der Waals surface area (Å²) in [7, 11) is 4.15. The Hall–Kier alpha value is -1.35. The molecule has 1 aliphatic carbocycles. The van der Waals surface area contributed by atoms with Gasteiger partial charge in [0, 0.05) is 6.04 Å². The summed E-state index contributed by atoms with van der Waals surface area (Å²) in [4.78, 5) is 13.1. The van der Waals surface area contributed by atoms with E-state index in [0.717, 1.165) is 19.3 Å². The lowest BCUT2D eigenvalue weighted by molar-refractivity contribution is 0.0696. The van der Waals surface area contributed by atoms with Crippen LogP contribution in [0.4, 0.5) is 0 Å². The fraction of sp³-hybridized carbons (Fsp3) is 0.462. The van der Waals surface area contributed by atoms with Crippen molar-refractivity contribution in [2.45, 2.75) is 25.3 Å². The zero-order valence-electron chi connectivity index (χ0n) is 9.73. The van der Waals surface area contributed by atoms with Crippen LogP contribution in [-0.4, -0.2) is 30.1 Å². The Labute approximate surface area is 95.7 Å². The van der Waals surface area contributed by atoms with E-state index in [9.17, 15) is 4.79 Å². The standard InChI is InChI=1S/C13H17NO2/c1-14(2)12-5-3-4-9-8-10(13(15)16)6-7-11(9)12/h6-8,12H,3-5H2,1-2H3,(H,15,16). The van der Waals surface area contributed by atoms with Gasteiger partial charge in [0.05, 0.1) is 5.56 Å². The highest BCUT2D eigenvalue weighted by Crippen LogP contribution is 2.33. The maximum absolute atomic E-state index is 10.9. The Balaban J connectivity index is 2.40. The first-order valence-corrected chi connectivity index (χ1v) is 5.62. The van der Waals surface area contributed by atoms with Gasteiger partial charge >= 0.3 is 5.97 Å². The molecular weight excluding hydrogens is 202 g/mol. The largest absolute Gasteiger partial charge is 0.478 e. The van der Waals surface area contributed by atoms with Gasteiger partial charge in [-0.25, -0.2) is 4.79 Å². The first-order chi connectivity index (χ1) is 7.59. The van der Waals surface area contributed by atoms with Crippen molar-refractivity contribution in [3.8, 4) is 0 Å². The first-order valence-electron chi connectivity index (χ1n) is 5.62. The highest BCUT2D eigenvalue weighted by molar-refractivity contribution is 5.87. The van der Waals surface area contributed by atoms with Gasteiger partial charge in [0.15, 0.2) is 0 Å². The molecule has 1 aromatic carbocycles. The van der Waals surface area contributed by atoms with E-state index in [-0.39, 0.29) is 0 Å². The molecule has 0 fully saturated rings. The Morgan fingerprint density at radius 3 is 2.81 bits per heavy atom. The number of benzene rings is 1.